The van der Waals surface area contributed by atoms with E-state index >= 15 is 0 Å². The summed E-state index contributed by atoms with van der Waals surface area (Å²) in [5, 5.41) is 16.6. The largest absolute Gasteiger partial charge is 0.393 e. The van der Waals surface area contributed by atoms with Crippen molar-refractivity contribution in [1.82, 2.24) is 5.32 Å². The van der Waals surface area contributed by atoms with Crippen LogP contribution in [-0.2, 0) is 4.79 Å². The Morgan fingerprint density at radius 2 is 2.00 bits per heavy atom. The number of carbonyl (C=O) groups is 1. The molecule has 110 valence electrons. The molecular weight excluding hydrogens is 260 g/mol. The number of nitrogens with one attached hydrogen (secondary N) is 2. The zero-order chi connectivity index (χ0) is 15.5. The quantitative estimate of drug-likeness (QED) is 0.443. The first-order chi connectivity index (χ1) is 9.11. The van der Waals surface area contributed by atoms with Crippen LogP contribution in [0.2, 0.25) is 0 Å². The van der Waals surface area contributed by atoms with E-state index in [1.54, 1.807) is 13.0 Å². The highest BCUT2D eigenvalue weighted by Crippen LogP contribution is 2.30. The van der Waals surface area contributed by atoms with Crippen molar-refractivity contribution in [2.24, 2.45) is 0 Å². The summed E-state index contributed by atoms with van der Waals surface area (Å²) in [4.78, 5) is 22.4. The maximum atomic E-state index is 12.0. The highest BCUT2D eigenvalue weighted by Gasteiger charge is 2.23. The van der Waals surface area contributed by atoms with Gasteiger partial charge in [0.25, 0.3) is 0 Å². The Kier molecular flexibility index (Phi) is 4.54. The molecular formula is C13H20N4O3. The van der Waals surface area contributed by atoms with Gasteiger partial charge in [-0.05, 0) is 39.8 Å². The van der Waals surface area contributed by atoms with E-state index in [0.29, 0.717) is 0 Å². The van der Waals surface area contributed by atoms with Crippen molar-refractivity contribution in [1.29, 1.82) is 0 Å². The molecule has 1 atom stereocenters. The molecule has 7 heteroatoms. The SMILES string of the molecule is CC(Nc1cccc(N)c1[N+](=O)[O-])C(=O)NC(C)(C)C. The van der Waals surface area contributed by atoms with Gasteiger partial charge in [0.15, 0.2) is 0 Å². The third kappa shape index (κ3) is 4.11. The maximum absolute atomic E-state index is 12.0. The van der Waals surface area contributed by atoms with Crippen LogP contribution in [0.4, 0.5) is 17.1 Å². The second kappa shape index (κ2) is 5.77. The monoisotopic (exact) mass is 280 g/mol. The van der Waals surface area contributed by atoms with E-state index in [1.807, 2.05) is 20.8 Å². The zero-order valence-corrected chi connectivity index (χ0v) is 12.1. The number of hydrogen-bond acceptors (Lipinski definition) is 5. The molecule has 1 unspecified atom stereocenters. The zero-order valence-electron chi connectivity index (χ0n) is 12.1. The van der Waals surface area contributed by atoms with E-state index < -0.39 is 11.0 Å². The van der Waals surface area contributed by atoms with Crippen LogP contribution in [0.25, 0.3) is 0 Å². The molecule has 1 aromatic carbocycles. The molecule has 0 radical (unpaired) electrons. The first kappa shape index (κ1) is 15.7. The minimum absolute atomic E-state index is 0.0587. The minimum atomic E-state index is -0.616. The van der Waals surface area contributed by atoms with E-state index in [0.717, 1.165) is 0 Å². The third-order valence-corrected chi connectivity index (χ3v) is 2.51. The number of nitrogen functional groups attached to an aromatic ring is 1. The van der Waals surface area contributed by atoms with Gasteiger partial charge in [-0.1, -0.05) is 6.07 Å². The Morgan fingerprint density at radius 1 is 1.40 bits per heavy atom. The van der Waals surface area contributed by atoms with Gasteiger partial charge in [-0.3, -0.25) is 14.9 Å². The van der Waals surface area contributed by atoms with Crippen molar-refractivity contribution in [2.45, 2.75) is 39.3 Å². The van der Waals surface area contributed by atoms with Gasteiger partial charge < -0.3 is 16.4 Å². The molecule has 7 nitrogen and oxygen atoms in total. The van der Waals surface area contributed by atoms with Crippen molar-refractivity contribution in [3.05, 3.63) is 28.3 Å². The van der Waals surface area contributed by atoms with Crippen LogP contribution in [0.3, 0.4) is 0 Å². The summed E-state index contributed by atoms with van der Waals surface area (Å²) in [5.74, 6) is -0.241. The van der Waals surface area contributed by atoms with Crippen LogP contribution < -0.4 is 16.4 Å². The molecule has 0 aromatic heterocycles. The van der Waals surface area contributed by atoms with Gasteiger partial charge >= 0.3 is 5.69 Å². The Morgan fingerprint density at radius 3 is 2.50 bits per heavy atom. The van der Waals surface area contributed by atoms with Gasteiger partial charge in [-0.25, -0.2) is 0 Å². The van der Waals surface area contributed by atoms with E-state index in [-0.39, 0.29) is 28.5 Å². The predicted octanol–water partition coefficient (Wildman–Crippen LogP) is 1.89. The van der Waals surface area contributed by atoms with Crippen molar-refractivity contribution in [3.8, 4) is 0 Å². The summed E-state index contributed by atoms with van der Waals surface area (Å²) in [7, 11) is 0. The molecule has 0 aliphatic heterocycles. The fraction of sp³-hybridized carbons (Fsp3) is 0.462. The molecule has 20 heavy (non-hydrogen) atoms. The number of nitro groups is 1. The number of nitrogens with two attached hydrogens (primary N) is 1. The van der Waals surface area contributed by atoms with Gasteiger partial charge in [0, 0.05) is 5.54 Å². The molecule has 0 fully saturated rings. The van der Waals surface area contributed by atoms with Crippen molar-refractivity contribution < 1.29 is 9.72 Å². The van der Waals surface area contributed by atoms with Gasteiger partial charge in [0.1, 0.15) is 17.4 Å². The molecule has 0 heterocycles. The Balaban J connectivity index is 2.91. The maximum Gasteiger partial charge on any atom is 0.314 e. The molecule has 4 N–H and O–H groups in total. The summed E-state index contributed by atoms with van der Waals surface area (Å²) in [6, 6.07) is 3.95. The molecule has 0 aliphatic carbocycles. The van der Waals surface area contributed by atoms with Crippen molar-refractivity contribution in [2.75, 3.05) is 11.1 Å². The fourth-order valence-corrected chi connectivity index (χ4v) is 1.66. The van der Waals surface area contributed by atoms with E-state index in [4.69, 9.17) is 5.73 Å². The topological polar surface area (TPSA) is 110 Å². The number of benzene rings is 1. The highest BCUT2D eigenvalue weighted by atomic mass is 16.6. The fourth-order valence-electron chi connectivity index (χ4n) is 1.66. The van der Waals surface area contributed by atoms with E-state index in [1.165, 1.54) is 12.1 Å². The van der Waals surface area contributed by atoms with E-state index in [9.17, 15) is 14.9 Å². The second-order valence-corrected chi connectivity index (χ2v) is 5.61. The number of nitro benzene ring substituents is 1. The first-order valence-corrected chi connectivity index (χ1v) is 6.23. The second-order valence-electron chi connectivity index (χ2n) is 5.61. The lowest BCUT2D eigenvalue weighted by Gasteiger charge is -2.24. The van der Waals surface area contributed by atoms with Crippen LogP contribution >= 0.6 is 0 Å². The summed E-state index contributed by atoms with van der Waals surface area (Å²) in [6.45, 7) is 7.22. The lowest BCUT2D eigenvalue weighted by molar-refractivity contribution is -0.383. The minimum Gasteiger partial charge on any atom is -0.393 e. The number of rotatable bonds is 4. The number of carbonyl (C=O) groups excluding carboxylic acids is 1. The number of anilines is 2. The van der Waals surface area contributed by atoms with Crippen LogP contribution in [0.15, 0.2) is 18.2 Å². The summed E-state index contributed by atoms with van der Waals surface area (Å²) in [6.07, 6.45) is 0. The number of nitrogens with zero attached hydrogens (tertiary/aromatic N) is 1. The lowest BCUT2D eigenvalue weighted by atomic mass is 10.1. The standard InChI is InChI=1S/C13H20N4O3/c1-8(12(18)16-13(2,3)4)15-10-7-5-6-9(14)11(10)17(19)20/h5-8,15H,14H2,1-4H3,(H,16,18). The summed E-state index contributed by atoms with van der Waals surface area (Å²) >= 11 is 0. The Hall–Kier alpha value is -2.31. The molecule has 0 saturated heterocycles. The van der Waals surface area contributed by atoms with Gasteiger partial charge in [0.05, 0.1) is 4.92 Å². The molecule has 1 rings (SSSR count). The van der Waals surface area contributed by atoms with Crippen LogP contribution in [-0.4, -0.2) is 22.4 Å². The number of hydrogen-bond donors (Lipinski definition) is 3. The van der Waals surface area contributed by atoms with E-state index in [2.05, 4.69) is 10.6 Å². The number of amides is 1. The van der Waals surface area contributed by atoms with Gasteiger partial charge in [0.2, 0.25) is 5.91 Å². The van der Waals surface area contributed by atoms with Crippen LogP contribution in [0, 0.1) is 10.1 Å². The summed E-state index contributed by atoms with van der Waals surface area (Å²) in [5.41, 5.74) is 5.29. The third-order valence-electron chi connectivity index (χ3n) is 2.51. The van der Waals surface area contributed by atoms with Crippen LogP contribution in [0.1, 0.15) is 27.7 Å². The molecule has 0 bridgehead atoms. The molecule has 0 spiro atoms. The average Bonchev–Trinajstić information content (AvgIpc) is 2.25. The lowest BCUT2D eigenvalue weighted by Crippen LogP contribution is -2.47. The van der Waals surface area contributed by atoms with Gasteiger partial charge in [-0.15, -0.1) is 0 Å². The van der Waals surface area contributed by atoms with Crippen molar-refractivity contribution >= 4 is 23.0 Å². The van der Waals surface area contributed by atoms with Crippen LogP contribution in [0.5, 0.6) is 0 Å². The predicted molar refractivity (Wildman–Crippen MR) is 78.5 cm³/mol. The van der Waals surface area contributed by atoms with Gasteiger partial charge in [-0.2, -0.15) is 0 Å². The summed E-state index contributed by atoms with van der Waals surface area (Å²) < 4.78 is 0. The molecule has 1 aromatic rings. The number of para-hydroxylation sites is 1. The normalized spacial score (nSPS) is 12.6. The molecule has 0 aliphatic rings. The Bertz CT molecular complexity index is 523. The van der Waals surface area contributed by atoms with Crippen molar-refractivity contribution in [3.63, 3.8) is 0 Å². The smallest absolute Gasteiger partial charge is 0.314 e. The molecule has 0 saturated carbocycles. The first-order valence-electron chi connectivity index (χ1n) is 6.23. The average molecular weight is 280 g/mol. The molecule has 1 amide bonds. The highest BCUT2D eigenvalue weighted by molar-refractivity contribution is 5.86. The Labute approximate surface area is 117 Å².